The van der Waals surface area contributed by atoms with Gasteiger partial charge in [0.2, 0.25) is 0 Å². The quantitative estimate of drug-likeness (QED) is 0.610. The van der Waals surface area contributed by atoms with Gasteiger partial charge in [-0.15, -0.1) is 0 Å². The molecule has 3 aromatic rings. The second-order valence-corrected chi connectivity index (χ2v) is 8.27. The molecule has 2 N–H and O–H groups in total. The van der Waals surface area contributed by atoms with Crippen molar-refractivity contribution in [1.29, 1.82) is 0 Å². The number of hydrogen-bond acceptors (Lipinski definition) is 5. The molecule has 8 heteroatoms. The van der Waals surface area contributed by atoms with Crippen molar-refractivity contribution < 1.29 is 17.7 Å². The van der Waals surface area contributed by atoms with Crippen molar-refractivity contribution in [3.8, 4) is 0 Å². The number of benzene rings is 2. The maximum Gasteiger partial charge on any atom is 0.267 e. The fourth-order valence-electron chi connectivity index (χ4n) is 3.17. The molecule has 0 aliphatic carbocycles. The summed E-state index contributed by atoms with van der Waals surface area (Å²) in [4.78, 5) is 12.9. The number of para-hydroxylation sites is 1. The highest BCUT2D eigenvalue weighted by atomic mass is 32.2. The van der Waals surface area contributed by atoms with E-state index in [4.69, 9.17) is 4.52 Å². The van der Waals surface area contributed by atoms with Crippen LogP contribution in [0.25, 0.3) is 0 Å². The lowest BCUT2D eigenvalue weighted by Crippen LogP contribution is -2.29. The molecule has 0 aliphatic heterocycles. The van der Waals surface area contributed by atoms with Crippen molar-refractivity contribution in [3.63, 3.8) is 0 Å². The molecule has 152 valence electrons. The zero-order chi connectivity index (χ0) is 21.0. The Morgan fingerprint density at radius 1 is 1.07 bits per heavy atom. The summed E-state index contributed by atoms with van der Waals surface area (Å²) in [5.41, 5.74) is 1.66. The lowest BCUT2D eigenvalue weighted by Gasteiger charge is -2.19. The monoisotopic (exact) mass is 413 g/mol. The second kappa shape index (κ2) is 8.48. The molecule has 29 heavy (non-hydrogen) atoms. The molecular weight excluding hydrogens is 390 g/mol. The molecule has 1 amide bonds. The number of aryl methyl sites for hydroxylation is 2. The highest BCUT2D eigenvalue weighted by Crippen LogP contribution is 2.25. The largest absolute Gasteiger partial charge is 0.360 e. The molecule has 0 spiro atoms. The third-order valence-electron chi connectivity index (χ3n) is 4.57. The first-order chi connectivity index (χ1) is 13.8. The molecular formula is C21H23N3O4S. The first kappa shape index (κ1) is 20.6. The van der Waals surface area contributed by atoms with E-state index in [2.05, 4.69) is 15.2 Å². The van der Waals surface area contributed by atoms with Crippen molar-refractivity contribution in [2.45, 2.75) is 38.1 Å². The number of aromatic nitrogens is 1. The molecule has 7 nitrogen and oxygen atoms in total. The van der Waals surface area contributed by atoms with Gasteiger partial charge in [0.1, 0.15) is 5.69 Å². The van der Waals surface area contributed by atoms with E-state index in [1.54, 1.807) is 31.2 Å². The number of nitrogens with one attached hydrogen (secondary N) is 2. The molecule has 0 aliphatic rings. The molecule has 0 saturated carbocycles. The Morgan fingerprint density at radius 2 is 1.72 bits per heavy atom. The number of anilines is 1. The summed E-state index contributed by atoms with van der Waals surface area (Å²) in [6.07, 6.45) is 0.697. The van der Waals surface area contributed by atoms with Gasteiger partial charge in [0.05, 0.1) is 17.3 Å². The van der Waals surface area contributed by atoms with Gasteiger partial charge in [-0.2, -0.15) is 0 Å². The molecule has 1 heterocycles. The lowest BCUT2D eigenvalue weighted by atomic mass is 10.0. The van der Waals surface area contributed by atoms with Crippen LogP contribution in [-0.4, -0.2) is 19.5 Å². The van der Waals surface area contributed by atoms with Crippen molar-refractivity contribution in [2.24, 2.45) is 0 Å². The number of sulfonamides is 1. The standard InChI is InChI=1S/C21H23N3O4S/c1-4-18(16-10-6-5-7-11-16)22-21(25)17-12-8-9-13-19(17)24-29(26,27)20-14(2)23-28-15(20)3/h5-13,18,24H,4H2,1-3H3,(H,22,25)/t18-/m0/s1. The molecule has 0 bridgehead atoms. The number of amides is 1. The molecule has 2 aromatic carbocycles. The molecule has 3 rings (SSSR count). The van der Waals surface area contributed by atoms with Crippen LogP contribution in [0.1, 0.15) is 46.8 Å². The summed E-state index contributed by atoms with van der Waals surface area (Å²) in [7, 11) is -3.96. The zero-order valence-corrected chi connectivity index (χ0v) is 17.3. The van der Waals surface area contributed by atoms with Crippen LogP contribution in [0, 0.1) is 13.8 Å². The van der Waals surface area contributed by atoms with Gasteiger partial charge in [-0.1, -0.05) is 54.5 Å². The van der Waals surface area contributed by atoms with Gasteiger partial charge in [-0.05, 0) is 38.0 Å². The van der Waals surface area contributed by atoms with Crippen molar-refractivity contribution in [3.05, 3.63) is 77.2 Å². The summed E-state index contributed by atoms with van der Waals surface area (Å²) in [6.45, 7) is 5.05. The maximum atomic E-state index is 12.9. The van der Waals surface area contributed by atoms with Gasteiger partial charge in [0.25, 0.3) is 15.9 Å². The lowest BCUT2D eigenvalue weighted by molar-refractivity contribution is 0.0936. The average Bonchev–Trinajstić information content (AvgIpc) is 3.05. The molecule has 1 atom stereocenters. The summed E-state index contributed by atoms with van der Waals surface area (Å²) >= 11 is 0. The maximum absolute atomic E-state index is 12.9. The van der Waals surface area contributed by atoms with Crippen molar-refractivity contribution in [2.75, 3.05) is 4.72 Å². The minimum absolute atomic E-state index is 0.0246. The number of carbonyl (C=O) groups is 1. The van der Waals surface area contributed by atoms with E-state index in [0.717, 1.165) is 5.56 Å². The SMILES string of the molecule is CC[C@H](NC(=O)c1ccccc1NS(=O)(=O)c1c(C)noc1C)c1ccccc1. The van der Waals surface area contributed by atoms with Gasteiger partial charge in [0, 0.05) is 0 Å². The van der Waals surface area contributed by atoms with E-state index in [0.29, 0.717) is 6.42 Å². The normalized spacial score (nSPS) is 12.4. The minimum Gasteiger partial charge on any atom is -0.360 e. The fourth-order valence-corrected chi connectivity index (χ4v) is 4.58. The second-order valence-electron chi connectivity index (χ2n) is 6.65. The van der Waals surface area contributed by atoms with Gasteiger partial charge in [0.15, 0.2) is 10.7 Å². The van der Waals surface area contributed by atoms with E-state index in [1.807, 2.05) is 37.3 Å². The first-order valence-corrected chi connectivity index (χ1v) is 10.7. The number of rotatable bonds is 7. The average molecular weight is 413 g/mol. The predicted molar refractivity (Wildman–Crippen MR) is 110 cm³/mol. The molecule has 0 radical (unpaired) electrons. The third kappa shape index (κ3) is 4.48. The fraction of sp³-hybridized carbons (Fsp3) is 0.238. The summed E-state index contributed by atoms with van der Waals surface area (Å²) in [6, 6.07) is 15.9. The van der Waals surface area contributed by atoms with Crippen LogP contribution in [0.3, 0.4) is 0 Å². The molecule has 1 aromatic heterocycles. The topological polar surface area (TPSA) is 101 Å². The van der Waals surface area contributed by atoms with Crippen LogP contribution in [0.2, 0.25) is 0 Å². The van der Waals surface area contributed by atoms with Crippen LogP contribution < -0.4 is 10.0 Å². The predicted octanol–water partition coefficient (Wildman–Crippen LogP) is 3.97. The smallest absolute Gasteiger partial charge is 0.267 e. The Balaban J connectivity index is 1.88. The third-order valence-corrected chi connectivity index (χ3v) is 6.18. The number of hydrogen-bond donors (Lipinski definition) is 2. The Hall–Kier alpha value is -3.13. The number of carbonyl (C=O) groups excluding carboxylic acids is 1. The van der Waals surface area contributed by atoms with Crippen LogP contribution in [0.5, 0.6) is 0 Å². The van der Waals surface area contributed by atoms with Crippen LogP contribution in [0.4, 0.5) is 5.69 Å². The Labute approximate surface area is 170 Å². The van der Waals surface area contributed by atoms with Gasteiger partial charge >= 0.3 is 0 Å². The van der Waals surface area contributed by atoms with Crippen molar-refractivity contribution in [1.82, 2.24) is 10.5 Å². The summed E-state index contributed by atoms with van der Waals surface area (Å²) < 4.78 is 33.1. The van der Waals surface area contributed by atoms with E-state index in [1.165, 1.54) is 6.92 Å². The van der Waals surface area contributed by atoms with Gasteiger partial charge < -0.3 is 9.84 Å². The highest BCUT2D eigenvalue weighted by molar-refractivity contribution is 7.92. The number of nitrogens with zero attached hydrogens (tertiary/aromatic N) is 1. The minimum atomic E-state index is -3.96. The molecule has 0 saturated heterocycles. The van der Waals surface area contributed by atoms with Crippen LogP contribution in [-0.2, 0) is 10.0 Å². The van der Waals surface area contributed by atoms with Crippen LogP contribution in [0.15, 0.2) is 64.0 Å². The first-order valence-electron chi connectivity index (χ1n) is 9.24. The van der Waals surface area contributed by atoms with E-state index in [9.17, 15) is 13.2 Å². The van der Waals surface area contributed by atoms with E-state index >= 15 is 0 Å². The summed E-state index contributed by atoms with van der Waals surface area (Å²) in [5, 5.41) is 6.67. The van der Waals surface area contributed by atoms with Crippen molar-refractivity contribution >= 4 is 21.6 Å². The highest BCUT2D eigenvalue weighted by Gasteiger charge is 2.26. The zero-order valence-electron chi connectivity index (χ0n) is 16.5. The van der Waals surface area contributed by atoms with Gasteiger partial charge in [-0.3, -0.25) is 9.52 Å². The van der Waals surface area contributed by atoms with Gasteiger partial charge in [-0.25, -0.2) is 8.42 Å². The van der Waals surface area contributed by atoms with E-state index in [-0.39, 0.29) is 39.5 Å². The Bertz CT molecular complexity index is 1090. The molecule has 0 fully saturated rings. The Morgan fingerprint density at radius 3 is 2.34 bits per heavy atom. The van der Waals surface area contributed by atoms with E-state index < -0.39 is 10.0 Å². The summed E-state index contributed by atoms with van der Waals surface area (Å²) in [5.74, 6) is -0.176. The van der Waals surface area contributed by atoms with Crippen LogP contribution >= 0.6 is 0 Å². The molecule has 0 unspecified atom stereocenters. The Kier molecular flexibility index (Phi) is 6.03.